The molecule has 1 heterocycles. The number of halogens is 1. The highest BCUT2D eigenvalue weighted by Gasteiger charge is 2.46. The van der Waals surface area contributed by atoms with Crippen LogP contribution in [0.25, 0.3) is 5.76 Å². The minimum Gasteiger partial charge on any atom is -0.507 e. The fourth-order valence-corrected chi connectivity index (χ4v) is 3.76. The van der Waals surface area contributed by atoms with Crippen LogP contribution in [-0.2, 0) is 14.3 Å². The van der Waals surface area contributed by atoms with Gasteiger partial charge >= 0.3 is 0 Å². The summed E-state index contributed by atoms with van der Waals surface area (Å²) in [6.45, 7) is 4.51. The average Bonchev–Trinajstić information content (AvgIpc) is 3.02. The van der Waals surface area contributed by atoms with E-state index in [4.69, 9.17) is 21.1 Å². The molecule has 0 aromatic heterocycles. The Morgan fingerprint density at radius 3 is 2.47 bits per heavy atom. The number of benzene rings is 2. The molecule has 0 unspecified atom stereocenters. The number of aliphatic hydroxyl groups is 1. The van der Waals surface area contributed by atoms with Gasteiger partial charge in [-0.3, -0.25) is 9.59 Å². The van der Waals surface area contributed by atoms with Crippen molar-refractivity contribution in [2.45, 2.75) is 32.4 Å². The number of Topliss-reactive ketones (excluding diaryl/α,β-unsaturated/α-hetero) is 1. The maximum Gasteiger partial charge on any atom is 0.295 e. The van der Waals surface area contributed by atoms with Crippen molar-refractivity contribution in [3.05, 3.63) is 64.2 Å². The molecule has 3 rings (SSSR count). The Bertz CT molecular complexity index is 1030. The third kappa shape index (κ3) is 4.89. The number of carbonyl (C=O) groups excluding carboxylic acids is 2. The van der Waals surface area contributed by atoms with E-state index >= 15 is 0 Å². The van der Waals surface area contributed by atoms with E-state index in [9.17, 15) is 19.8 Å². The molecule has 0 saturated carbocycles. The van der Waals surface area contributed by atoms with Gasteiger partial charge in [-0.1, -0.05) is 17.7 Å². The molecular weight excluding hydrogens is 434 g/mol. The Balaban J connectivity index is 2.07. The zero-order valence-corrected chi connectivity index (χ0v) is 18.9. The van der Waals surface area contributed by atoms with Gasteiger partial charge in [-0.25, -0.2) is 0 Å². The number of rotatable bonds is 8. The molecular formula is C24H26ClNO6. The first-order valence-electron chi connectivity index (χ1n) is 10.3. The molecule has 0 spiro atoms. The van der Waals surface area contributed by atoms with Crippen LogP contribution in [0.1, 0.15) is 37.4 Å². The van der Waals surface area contributed by atoms with Crippen molar-refractivity contribution < 1.29 is 29.3 Å². The smallest absolute Gasteiger partial charge is 0.295 e. The lowest BCUT2D eigenvalue weighted by Crippen LogP contribution is -2.31. The number of phenolic OH excluding ortho intramolecular Hbond substituents is 1. The molecule has 8 heteroatoms. The molecule has 1 aliphatic rings. The third-order valence-corrected chi connectivity index (χ3v) is 5.42. The van der Waals surface area contributed by atoms with Crippen LogP contribution in [0.4, 0.5) is 0 Å². The number of ether oxygens (including phenoxy) is 2. The highest BCUT2D eigenvalue weighted by molar-refractivity contribution is 6.46. The SMILES string of the molecule is COc1cc([C@H]2C(=C(O)c3ccc(Cl)cc3)C(=O)C(=O)N2CCCOC(C)C)ccc1O. The van der Waals surface area contributed by atoms with Crippen molar-refractivity contribution in [2.75, 3.05) is 20.3 Å². The summed E-state index contributed by atoms with van der Waals surface area (Å²) in [5.74, 6) is -1.65. The number of hydrogen-bond donors (Lipinski definition) is 2. The van der Waals surface area contributed by atoms with E-state index in [0.29, 0.717) is 29.2 Å². The van der Waals surface area contributed by atoms with Crippen molar-refractivity contribution in [2.24, 2.45) is 0 Å². The summed E-state index contributed by atoms with van der Waals surface area (Å²) in [6, 6.07) is 10.1. The number of aliphatic hydroxyl groups excluding tert-OH is 1. The number of ketones is 1. The number of methoxy groups -OCH3 is 1. The molecule has 0 aliphatic carbocycles. The molecule has 1 saturated heterocycles. The van der Waals surface area contributed by atoms with Gasteiger partial charge in [0.05, 0.1) is 24.8 Å². The van der Waals surface area contributed by atoms with Gasteiger partial charge < -0.3 is 24.6 Å². The Hall–Kier alpha value is -3.03. The maximum absolute atomic E-state index is 13.0. The Morgan fingerprint density at radius 1 is 1.16 bits per heavy atom. The van der Waals surface area contributed by atoms with E-state index in [0.717, 1.165) is 0 Å². The Labute approximate surface area is 191 Å². The fraction of sp³-hybridized carbons (Fsp3) is 0.333. The molecule has 1 atom stereocenters. The summed E-state index contributed by atoms with van der Waals surface area (Å²) in [5.41, 5.74) is 0.861. The molecule has 1 aliphatic heterocycles. The van der Waals surface area contributed by atoms with Crippen molar-refractivity contribution >= 4 is 29.1 Å². The van der Waals surface area contributed by atoms with Gasteiger partial charge in [-0.2, -0.15) is 0 Å². The van der Waals surface area contributed by atoms with Crippen molar-refractivity contribution in [3.63, 3.8) is 0 Å². The number of aromatic hydroxyl groups is 1. The molecule has 1 fully saturated rings. The maximum atomic E-state index is 13.0. The molecule has 0 bridgehead atoms. The first-order chi connectivity index (χ1) is 15.2. The van der Waals surface area contributed by atoms with Crippen LogP contribution in [-0.4, -0.2) is 53.2 Å². The second-order valence-electron chi connectivity index (χ2n) is 7.70. The number of carbonyl (C=O) groups is 2. The zero-order valence-electron chi connectivity index (χ0n) is 18.2. The van der Waals surface area contributed by atoms with Crippen LogP contribution in [0.3, 0.4) is 0 Å². The number of nitrogens with zero attached hydrogens (tertiary/aromatic N) is 1. The van der Waals surface area contributed by atoms with Crippen molar-refractivity contribution in [1.29, 1.82) is 0 Å². The van der Waals surface area contributed by atoms with E-state index in [1.807, 2.05) is 13.8 Å². The van der Waals surface area contributed by atoms with E-state index in [2.05, 4.69) is 0 Å². The van der Waals surface area contributed by atoms with E-state index < -0.39 is 17.7 Å². The monoisotopic (exact) mass is 459 g/mol. The Kier molecular flexibility index (Phi) is 7.43. The van der Waals surface area contributed by atoms with Crippen LogP contribution < -0.4 is 4.74 Å². The molecule has 32 heavy (non-hydrogen) atoms. The summed E-state index contributed by atoms with van der Waals surface area (Å²) in [5, 5.41) is 21.5. The number of hydrogen-bond acceptors (Lipinski definition) is 6. The van der Waals surface area contributed by atoms with E-state index in [1.54, 1.807) is 36.4 Å². The topological polar surface area (TPSA) is 96.3 Å². The summed E-state index contributed by atoms with van der Waals surface area (Å²) in [7, 11) is 1.41. The summed E-state index contributed by atoms with van der Waals surface area (Å²) >= 11 is 5.94. The predicted molar refractivity (Wildman–Crippen MR) is 121 cm³/mol. The van der Waals surface area contributed by atoms with Crippen molar-refractivity contribution in [1.82, 2.24) is 4.90 Å². The van der Waals surface area contributed by atoms with Gasteiger partial charge in [-0.15, -0.1) is 0 Å². The second kappa shape index (κ2) is 10.1. The first kappa shape index (κ1) is 23.6. The average molecular weight is 460 g/mol. The van der Waals surface area contributed by atoms with Gasteiger partial charge in [0.2, 0.25) is 0 Å². The van der Waals surface area contributed by atoms with Crippen molar-refractivity contribution in [3.8, 4) is 11.5 Å². The fourth-order valence-electron chi connectivity index (χ4n) is 3.64. The standard InChI is InChI=1S/C24H26ClNO6/c1-14(2)32-12-4-11-26-21(16-7-10-18(27)19(13-16)31-3)20(23(29)24(26)30)22(28)15-5-8-17(25)9-6-15/h5-10,13-14,21,27-28H,4,11-12H2,1-3H3/t21-/m0/s1. The Morgan fingerprint density at radius 2 is 1.84 bits per heavy atom. The summed E-state index contributed by atoms with van der Waals surface area (Å²) in [6.07, 6.45) is 0.560. The molecule has 2 aromatic rings. The minimum absolute atomic E-state index is 0.0326. The lowest BCUT2D eigenvalue weighted by Gasteiger charge is -2.26. The molecule has 1 amide bonds. The van der Waals surface area contributed by atoms with Gasteiger partial charge in [0, 0.05) is 23.7 Å². The molecule has 2 N–H and O–H groups in total. The van der Waals surface area contributed by atoms with Crippen LogP contribution in [0.5, 0.6) is 11.5 Å². The minimum atomic E-state index is -0.848. The largest absolute Gasteiger partial charge is 0.507 e. The molecule has 2 aromatic carbocycles. The number of amides is 1. The normalized spacial score (nSPS) is 17.9. The van der Waals surface area contributed by atoms with Gasteiger partial charge in [0.25, 0.3) is 11.7 Å². The lowest BCUT2D eigenvalue weighted by molar-refractivity contribution is -0.140. The highest BCUT2D eigenvalue weighted by atomic mass is 35.5. The lowest BCUT2D eigenvalue weighted by atomic mass is 9.95. The number of likely N-dealkylation sites (tertiary alicyclic amines) is 1. The van der Waals surface area contributed by atoms with Crippen LogP contribution >= 0.6 is 11.6 Å². The quantitative estimate of drug-likeness (QED) is 0.264. The third-order valence-electron chi connectivity index (χ3n) is 5.17. The van der Waals surface area contributed by atoms with Gasteiger partial charge in [-0.05, 0) is 62.2 Å². The van der Waals surface area contributed by atoms with Gasteiger partial charge in [0.1, 0.15) is 5.76 Å². The summed E-state index contributed by atoms with van der Waals surface area (Å²) in [4.78, 5) is 27.3. The first-order valence-corrected chi connectivity index (χ1v) is 10.6. The van der Waals surface area contributed by atoms with Crippen LogP contribution in [0.15, 0.2) is 48.0 Å². The van der Waals surface area contributed by atoms with E-state index in [1.165, 1.54) is 18.1 Å². The van der Waals surface area contributed by atoms with E-state index in [-0.39, 0.29) is 35.5 Å². The molecule has 7 nitrogen and oxygen atoms in total. The van der Waals surface area contributed by atoms with Crippen LogP contribution in [0.2, 0.25) is 5.02 Å². The molecule has 0 radical (unpaired) electrons. The van der Waals surface area contributed by atoms with Crippen LogP contribution in [0, 0.1) is 0 Å². The number of phenols is 1. The van der Waals surface area contributed by atoms with Gasteiger partial charge in [0.15, 0.2) is 11.5 Å². The second-order valence-corrected chi connectivity index (χ2v) is 8.14. The highest BCUT2D eigenvalue weighted by Crippen LogP contribution is 2.41. The molecule has 170 valence electrons. The predicted octanol–water partition coefficient (Wildman–Crippen LogP) is 4.29. The zero-order chi connectivity index (χ0) is 23.4. The summed E-state index contributed by atoms with van der Waals surface area (Å²) < 4.78 is 10.8.